The Hall–Kier alpha value is -0.570. The minimum Gasteiger partial charge on any atom is -0.387 e. The van der Waals surface area contributed by atoms with E-state index in [1.54, 1.807) is 0 Å². The zero-order chi connectivity index (χ0) is 13.4. The van der Waals surface area contributed by atoms with Crippen LogP contribution in [0.25, 0.3) is 0 Å². The number of unbranched alkanes of at least 4 members (excludes halogenated alkanes) is 1. The molecule has 3 heteroatoms. The Kier molecular flexibility index (Phi) is 7.33. The maximum Gasteiger partial charge on any atom is 0.0968 e. The summed E-state index contributed by atoms with van der Waals surface area (Å²) in [5.74, 6) is 1.50. The van der Waals surface area contributed by atoms with Gasteiger partial charge in [-0.3, -0.25) is 4.99 Å². The van der Waals surface area contributed by atoms with Gasteiger partial charge in [0.2, 0.25) is 0 Å². The fourth-order valence-corrected chi connectivity index (χ4v) is 2.47. The maximum atomic E-state index is 6.08. The Morgan fingerprint density at radius 1 is 1.22 bits per heavy atom. The molecule has 0 aliphatic heterocycles. The third kappa shape index (κ3) is 5.85. The van der Waals surface area contributed by atoms with E-state index in [1.165, 1.54) is 38.5 Å². The van der Waals surface area contributed by atoms with Gasteiger partial charge in [0.15, 0.2) is 0 Å². The molecule has 106 valence electrons. The highest BCUT2D eigenvalue weighted by atomic mass is 15.1. The van der Waals surface area contributed by atoms with E-state index >= 15 is 0 Å². The van der Waals surface area contributed by atoms with Crippen LogP contribution in [0.5, 0.6) is 0 Å². The minimum atomic E-state index is 0.581. The first kappa shape index (κ1) is 15.5. The third-order valence-electron chi connectivity index (χ3n) is 4.12. The fraction of sp³-hybridized carbons (Fsp3) is 0.933. The Morgan fingerprint density at radius 2 is 1.89 bits per heavy atom. The molecule has 0 aromatic heterocycles. The van der Waals surface area contributed by atoms with Crippen molar-refractivity contribution in [3.8, 4) is 0 Å². The van der Waals surface area contributed by atoms with Crippen LogP contribution in [0.4, 0.5) is 0 Å². The molecule has 3 nitrogen and oxygen atoms in total. The molecule has 0 radical (unpaired) electrons. The Labute approximate surface area is 113 Å². The van der Waals surface area contributed by atoms with E-state index < -0.39 is 0 Å². The van der Waals surface area contributed by atoms with Crippen LogP contribution in [0.2, 0.25) is 0 Å². The van der Waals surface area contributed by atoms with Crippen LogP contribution in [-0.2, 0) is 0 Å². The van der Waals surface area contributed by atoms with E-state index in [1.807, 2.05) is 0 Å². The molecular formula is C15H31N3. The number of hydrogen-bond donors (Lipinski definition) is 1. The zero-order valence-electron chi connectivity index (χ0n) is 12.5. The fourth-order valence-electron chi connectivity index (χ4n) is 2.47. The van der Waals surface area contributed by atoms with Crippen LogP contribution >= 0.6 is 0 Å². The summed E-state index contributed by atoms with van der Waals surface area (Å²) in [6, 6.07) is 0.640. The average Bonchev–Trinajstić information content (AvgIpc) is 2.38. The van der Waals surface area contributed by atoms with Crippen molar-refractivity contribution in [1.82, 2.24) is 4.90 Å². The molecule has 1 saturated carbocycles. The lowest BCUT2D eigenvalue weighted by Crippen LogP contribution is -2.27. The van der Waals surface area contributed by atoms with Gasteiger partial charge in [0.25, 0.3) is 0 Å². The van der Waals surface area contributed by atoms with Crippen molar-refractivity contribution >= 4 is 5.84 Å². The van der Waals surface area contributed by atoms with Crippen molar-refractivity contribution in [2.24, 2.45) is 16.6 Å². The van der Waals surface area contributed by atoms with E-state index in [-0.39, 0.29) is 0 Å². The molecule has 0 atom stereocenters. The summed E-state index contributed by atoms with van der Waals surface area (Å²) < 4.78 is 0. The molecule has 0 aromatic rings. The Morgan fingerprint density at radius 3 is 2.50 bits per heavy atom. The lowest BCUT2D eigenvalue weighted by Gasteiger charge is -2.21. The summed E-state index contributed by atoms with van der Waals surface area (Å²) in [6.07, 6.45) is 8.93. The minimum absolute atomic E-state index is 0.581. The molecule has 0 saturated heterocycles. The molecule has 0 unspecified atom stereocenters. The summed E-state index contributed by atoms with van der Waals surface area (Å²) in [5, 5.41) is 0. The molecule has 18 heavy (non-hydrogen) atoms. The molecule has 0 heterocycles. The van der Waals surface area contributed by atoms with Gasteiger partial charge in [0, 0.05) is 18.5 Å². The maximum absolute atomic E-state index is 6.08. The van der Waals surface area contributed by atoms with Crippen molar-refractivity contribution < 1.29 is 0 Å². The second-order valence-corrected chi connectivity index (χ2v) is 5.92. The van der Waals surface area contributed by atoms with Crippen molar-refractivity contribution in [1.29, 1.82) is 0 Å². The zero-order valence-corrected chi connectivity index (χ0v) is 12.5. The highest BCUT2D eigenvalue weighted by Gasteiger charge is 2.16. The predicted molar refractivity (Wildman–Crippen MR) is 80.1 cm³/mol. The highest BCUT2D eigenvalue weighted by Crippen LogP contribution is 2.23. The number of hydrogen-bond acceptors (Lipinski definition) is 2. The van der Waals surface area contributed by atoms with Crippen LogP contribution in [0.1, 0.15) is 58.8 Å². The third-order valence-corrected chi connectivity index (χ3v) is 4.12. The predicted octanol–water partition coefficient (Wildman–Crippen LogP) is 3.04. The van der Waals surface area contributed by atoms with Gasteiger partial charge < -0.3 is 10.6 Å². The highest BCUT2D eigenvalue weighted by molar-refractivity contribution is 5.82. The molecule has 1 aliphatic carbocycles. The quantitative estimate of drug-likeness (QED) is 0.430. The number of nitrogens with zero attached hydrogens (tertiary/aromatic N) is 2. The summed E-state index contributed by atoms with van der Waals surface area (Å²) in [6.45, 7) is 6.54. The largest absolute Gasteiger partial charge is 0.387 e. The molecule has 2 N–H and O–H groups in total. The summed E-state index contributed by atoms with van der Waals surface area (Å²) >= 11 is 0. The van der Waals surface area contributed by atoms with Gasteiger partial charge in [0.05, 0.1) is 5.84 Å². The van der Waals surface area contributed by atoms with Gasteiger partial charge in [-0.15, -0.1) is 0 Å². The van der Waals surface area contributed by atoms with Crippen molar-refractivity contribution in [3.05, 3.63) is 0 Å². The van der Waals surface area contributed by atoms with E-state index in [9.17, 15) is 0 Å². The first-order valence-corrected chi connectivity index (χ1v) is 7.61. The van der Waals surface area contributed by atoms with Crippen LogP contribution < -0.4 is 5.73 Å². The van der Waals surface area contributed by atoms with Crippen LogP contribution in [0.3, 0.4) is 0 Å². The monoisotopic (exact) mass is 253 g/mol. The number of amidine groups is 1. The number of nitrogens with two attached hydrogens (primary N) is 1. The lowest BCUT2D eigenvalue weighted by atomic mass is 9.88. The molecule has 1 fully saturated rings. The molecule has 0 bridgehead atoms. The molecule has 0 amide bonds. The summed E-state index contributed by atoms with van der Waals surface area (Å²) in [5.41, 5.74) is 6.08. The van der Waals surface area contributed by atoms with E-state index in [0.29, 0.717) is 12.0 Å². The Bertz CT molecular complexity index is 242. The molecule has 0 spiro atoms. The molecule has 0 aromatic carbocycles. The normalized spacial score (nSPS) is 18.8. The van der Waals surface area contributed by atoms with Crippen molar-refractivity contribution in [2.45, 2.75) is 64.8 Å². The van der Waals surface area contributed by atoms with Crippen LogP contribution in [-0.4, -0.2) is 36.9 Å². The first-order valence-electron chi connectivity index (χ1n) is 7.61. The smallest absolute Gasteiger partial charge is 0.0968 e. The molecular weight excluding hydrogens is 222 g/mol. The second-order valence-electron chi connectivity index (χ2n) is 5.92. The van der Waals surface area contributed by atoms with E-state index in [4.69, 9.17) is 5.73 Å². The van der Waals surface area contributed by atoms with Crippen molar-refractivity contribution in [2.75, 3.05) is 20.1 Å². The van der Waals surface area contributed by atoms with Gasteiger partial charge in [-0.2, -0.15) is 0 Å². The number of aliphatic imine (C=N–C) groups is 1. The standard InChI is InChI=1S/C15H31N3/c1-13(2)18(3)12-8-7-11-17-15(16)14-9-5-4-6-10-14/h13-14H,4-12H2,1-3H3,(H2,16,17). The topological polar surface area (TPSA) is 41.6 Å². The average molecular weight is 253 g/mol. The van der Waals surface area contributed by atoms with Gasteiger partial charge in [-0.05, 0) is 53.1 Å². The Balaban J connectivity index is 2.11. The van der Waals surface area contributed by atoms with Crippen LogP contribution in [0, 0.1) is 5.92 Å². The van der Waals surface area contributed by atoms with E-state index in [0.717, 1.165) is 25.3 Å². The molecule has 1 rings (SSSR count). The molecule has 1 aliphatic rings. The number of rotatable bonds is 7. The first-order chi connectivity index (χ1) is 8.61. The van der Waals surface area contributed by atoms with Gasteiger partial charge in [-0.1, -0.05) is 19.3 Å². The van der Waals surface area contributed by atoms with Gasteiger partial charge in [-0.25, -0.2) is 0 Å². The van der Waals surface area contributed by atoms with Gasteiger partial charge in [0.1, 0.15) is 0 Å². The summed E-state index contributed by atoms with van der Waals surface area (Å²) in [4.78, 5) is 6.95. The second kappa shape index (κ2) is 8.52. The lowest BCUT2D eigenvalue weighted by molar-refractivity contribution is 0.269. The summed E-state index contributed by atoms with van der Waals surface area (Å²) in [7, 11) is 2.18. The van der Waals surface area contributed by atoms with Gasteiger partial charge >= 0.3 is 0 Å². The van der Waals surface area contributed by atoms with E-state index in [2.05, 4.69) is 30.8 Å². The van der Waals surface area contributed by atoms with Crippen LogP contribution in [0.15, 0.2) is 4.99 Å². The SMILES string of the molecule is CC(C)N(C)CCCCN=C(N)C1CCCCC1. The van der Waals surface area contributed by atoms with Crippen molar-refractivity contribution in [3.63, 3.8) is 0 Å².